The maximum atomic E-state index is 14.3. The topological polar surface area (TPSA) is 0 Å². The predicted octanol–water partition coefficient (Wildman–Crippen LogP) is 3.22. The molecule has 0 saturated carbocycles. The lowest BCUT2D eigenvalue weighted by Gasteiger charge is -2.23. The van der Waals surface area contributed by atoms with Crippen LogP contribution in [0.15, 0.2) is 30.1 Å². The lowest BCUT2D eigenvalue weighted by Crippen LogP contribution is -2.41. The fraction of sp³-hybridized carbons (Fsp3) is 0.231. The predicted molar refractivity (Wildman–Crippen MR) is 63.2 cm³/mol. The molecule has 1 radical (unpaired) electrons. The summed E-state index contributed by atoms with van der Waals surface area (Å²) < 4.78 is 67.2. The van der Waals surface area contributed by atoms with Gasteiger partial charge in [0.15, 0.2) is 11.6 Å². The Hall–Kier alpha value is -1.59. The first-order valence-corrected chi connectivity index (χ1v) is 5.55. The Balaban J connectivity index is 2.37. The van der Waals surface area contributed by atoms with E-state index in [0.29, 0.717) is 6.07 Å². The summed E-state index contributed by atoms with van der Waals surface area (Å²) in [5.74, 6) is -4.38. The van der Waals surface area contributed by atoms with E-state index in [-0.39, 0.29) is 5.56 Å². The fourth-order valence-corrected chi connectivity index (χ4v) is 1.93. The SMILES string of the molecule is Cc1c(F)c(F)cc(F)c1[B]C1(F)C=CC=C(F)C1. The number of halogens is 5. The Morgan fingerprint density at radius 1 is 1.16 bits per heavy atom. The van der Waals surface area contributed by atoms with Crippen LogP contribution in [0.1, 0.15) is 12.0 Å². The van der Waals surface area contributed by atoms with Gasteiger partial charge in [-0.2, -0.15) is 0 Å². The molecule has 0 fully saturated rings. The Labute approximate surface area is 107 Å². The molecule has 0 amide bonds. The van der Waals surface area contributed by atoms with Crippen molar-refractivity contribution in [1.82, 2.24) is 0 Å². The van der Waals surface area contributed by atoms with Gasteiger partial charge < -0.3 is 0 Å². The molecule has 1 atom stereocenters. The summed E-state index contributed by atoms with van der Waals surface area (Å²) in [6, 6.07) is 0.344. The van der Waals surface area contributed by atoms with Crippen molar-refractivity contribution in [2.45, 2.75) is 18.9 Å². The normalized spacial score (nSPS) is 22.3. The van der Waals surface area contributed by atoms with Crippen LogP contribution in [0.25, 0.3) is 0 Å². The second kappa shape index (κ2) is 4.83. The third-order valence-electron chi connectivity index (χ3n) is 2.93. The van der Waals surface area contributed by atoms with Crippen LogP contribution in [-0.2, 0) is 0 Å². The van der Waals surface area contributed by atoms with Gasteiger partial charge in [0.05, 0.1) is 0 Å². The molecule has 19 heavy (non-hydrogen) atoms. The van der Waals surface area contributed by atoms with Gasteiger partial charge >= 0.3 is 0 Å². The molecule has 0 N–H and O–H groups in total. The molecule has 0 bridgehead atoms. The lowest BCUT2D eigenvalue weighted by atomic mass is 9.53. The minimum Gasteiger partial charge on any atom is -0.249 e. The lowest BCUT2D eigenvalue weighted by molar-refractivity contribution is 0.316. The monoisotopic (exact) mass is 271 g/mol. The first-order valence-electron chi connectivity index (χ1n) is 5.55. The van der Waals surface area contributed by atoms with Crippen molar-refractivity contribution in [3.05, 3.63) is 53.1 Å². The number of hydrogen-bond donors (Lipinski definition) is 0. The van der Waals surface area contributed by atoms with Gasteiger partial charge in [-0.15, -0.1) is 0 Å². The maximum Gasteiger partial charge on any atom is 0.211 e. The summed E-state index contributed by atoms with van der Waals surface area (Å²) in [5, 5.41) is 0. The second-order valence-electron chi connectivity index (χ2n) is 4.41. The van der Waals surface area contributed by atoms with Gasteiger partial charge in [-0.25, -0.2) is 22.0 Å². The van der Waals surface area contributed by atoms with Crippen molar-refractivity contribution in [3.8, 4) is 0 Å². The third kappa shape index (κ3) is 2.72. The van der Waals surface area contributed by atoms with Crippen LogP contribution in [0.5, 0.6) is 0 Å². The molecule has 6 heteroatoms. The van der Waals surface area contributed by atoms with Crippen LogP contribution in [0.3, 0.4) is 0 Å². The highest BCUT2D eigenvalue weighted by atomic mass is 19.2. The number of alkyl halides is 1. The van der Waals surface area contributed by atoms with Crippen molar-refractivity contribution >= 4 is 12.7 Å². The Morgan fingerprint density at radius 2 is 1.84 bits per heavy atom. The first kappa shape index (κ1) is 13.8. The van der Waals surface area contributed by atoms with Crippen molar-refractivity contribution in [3.63, 3.8) is 0 Å². The van der Waals surface area contributed by atoms with E-state index in [0.717, 1.165) is 32.4 Å². The van der Waals surface area contributed by atoms with Crippen LogP contribution in [0.2, 0.25) is 0 Å². The molecule has 1 aromatic rings. The van der Waals surface area contributed by atoms with E-state index in [9.17, 15) is 22.0 Å². The van der Waals surface area contributed by atoms with E-state index in [1.807, 2.05) is 0 Å². The summed E-state index contributed by atoms with van der Waals surface area (Å²) in [6.45, 7) is 1.13. The van der Waals surface area contributed by atoms with Gasteiger partial charge in [-0.3, -0.25) is 0 Å². The van der Waals surface area contributed by atoms with Crippen molar-refractivity contribution < 1.29 is 22.0 Å². The van der Waals surface area contributed by atoms with Gasteiger partial charge in [0.1, 0.15) is 17.2 Å². The summed E-state index contributed by atoms with van der Waals surface area (Å²) in [4.78, 5) is 0. The fourth-order valence-electron chi connectivity index (χ4n) is 1.93. The summed E-state index contributed by atoms with van der Waals surface area (Å²) >= 11 is 0. The van der Waals surface area contributed by atoms with Gasteiger partial charge in [0.2, 0.25) is 7.28 Å². The summed E-state index contributed by atoms with van der Waals surface area (Å²) in [5.41, 5.74) is -3.01. The molecular weight excluding hydrogens is 262 g/mol. The summed E-state index contributed by atoms with van der Waals surface area (Å²) in [7, 11) is 0.767. The first-order chi connectivity index (χ1) is 8.82. The molecule has 0 heterocycles. The van der Waals surface area contributed by atoms with Crippen molar-refractivity contribution in [2.24, 2.45) is 0 Å². The molecule has 1 aliphatic rings. The van der Waals surface area contributed by atoms with Crippen LogP contribution >= 0.6 is 0 Å². The summed E-state index contributed by atoms with van der Waals surface area (Å²) in [6.07, 6.45) is 2.68. The number of hydrogen-bond acceptors (Lipinski definition) is 0. The maximum absolute atomic E-state index is 14.3. The molecule has 99 valence electrons. The molecule has 0 aliphatic heterocycles. The van der Waals surface area contributed by atoms with E-state index in [1.165, 1.54) is 0 Å². The highest BCUT2D eigenvalue weighted by Crippen LogP contribution is 2.27. The van der Waals surface area contributed by atoms with E-state index >= 15 is 0 Å². The minimum atomic E-state index is -2.26. The van der Waals surface area contributed by atoms with Crippen LogP contribution < -0.4 is 5.46 Å². The standard InChI is InChI=1S/C13H9BF5/c1-7-11(9(16)5-10(17)12(7)18)14-13(19)4-2-3-8(15)6-13/h2-5H,6H2,1H3. The number of allylic oxidation sites excluding steroid dienone is 4. The van der Waals surface area contributed by atoms with Crippen molar-refractivity contribution in [1.29, 1.82) is 0 Å². The third-order valence-corrected chi connectivity index (χ3v) is 2.93. The van der Waals surface area contributed by atoms with E-state index < -0.39 is 40.7 Å². The Kier molecular flexibility index (Phi) is 3.52. The molecule has 1 unspecified atom stereocenters. The minimum absolute atomic E-state index is 0.344. The molecule has 0 aromatic heterocycles. The molecule has 1 aromatic carbocycles. The van der Waals surface area contributed by atoms with E-state index in [4.69, 9.17) is 0 Å². The quantitative estimate of drug-likeness (QED) is 0.440. The van der Waals surface area contributed by atoms with E-state index in [1.54, 1.807) is 0 Å². The van der Waals surface area contributed by atoms with Gasteiger partial charge in [0, 0.05) is 12.5 Å². The Morgan fingerprint density at radius 3 is 2.47 bits per heavy atom. The zero-order valence-electron chi connectivity index (χ0n) is 9.98. The van der Waals surface area contributed by atoms with Gasteiger partial charge in [-0.1, -0.05) is 12.2 Å². The second-order valence-corrected chi connectivity index (χ2v) is 4.41. The Bertz CT molecular complexity index is 579. The molecule has 0 nitrogen and oxygen atoms in total. The molecular formula is C13H9BF5. The van der Waals surface area contributed by atoms with Crippen LogP contribution in [0.4, 0.5) is 22.0 Å². The number of rotatable bonds is 2. The van der Waals surface area contributed by atoms with Crippen LogP contribution in [0, 0.1) is 24.4 Å². The average molecular weight is 271 g/mol. The molecule has 0 spiro atoms. The largest absolute Gasteiger partial charge is 0.249 e. The highest BCUT2D eigenvalue weighted by Gasteiger charge is 2.34. The van der Waals surface area contributed by atoms with E-state index in [2.05, 4.69) is 0 Å². The highest BCUT2D eigenvalue weighted by molar-refractivity contribution is 6.58. The average Bonchev–Trinajstić information content (AvgIpc) is 2.32. The zero-order chi connectivity index (χ0) is 14.2. The molecule has 1 aliphatic carbocycles. The molecule has 2 rings (SSSR count). The smallest absolute Gasteiger partial charge is 0.211 e. The van der Waals surface area contributed by atoms with Gasteiger partial charge in [0.25, 0.3) is 0 Å². The van der Waals surface area contributed by atoms with Gasteiger partial charge in [-0.05, 0) is 24.0 Å². The number of benzene rings is 1. The van der Waals surface area contributed by atoms with Crippen molar-refractivity contribution in [2.75, 3.05) is 0 Å². The molecule has 0 saturated heterocycles. The zero-order valence-corrected chi connectivity index (χ0v) is 9.98. The van der Waals surface area contributed by atoms with Crippen LogP contribution in [-0.4, -0.2) is 12.8 Å².